The third-order valence-corrected chi connectivity index (χ3v) is 5.51. The van der Waals surface area contributed by atoms with Gasteiger partial charge in [-0.15, -0.1) is 0 Å². The van der Waals surface area contributed by atoms with E-state index >= 15 is 0 Å². The Labute approximate surface area is 172 Å². The summed E-state index contributed by atoms with van der Waals surface area (Å²) in [5, 5.41) is 0. The summed E-state index contributed by atoms with van der Waals surface area (Å²) in [5.74, 6) is 0. The molecule has 1 saturated heterocycles. The van der Waals surface area contributed by atoms with E-state index in [2.05, 4.69) is 0 Å². The van der Waals surface area contributed by atoms with Gasteiger partial charge in [-0.25, -0.2) is 4.79 Å². The number of hydrogen-bond donors (Lipinski definition) is 0. The lowest BCUT2D eigenvalue weighted by Gasteiger charge is -2.44. The minimum Gasteiger partial charge on any atom is -0.445 e. The Balaban J connectivity index is 1.53. The van der Waals surface area contributed by atoms with E-state index in [9.17, 15) is 18.0 Å². The van der Waals surface area contributed by atoms with Gasteiger partial charge in [-0.2, -0.15) is 13.2 Å². The molecular formula is C23H22F3NO3. The van der Waals surface area contributed by atoms with Crippen molar-refractivity contribution in [2.45, 2.75) is 38.2 Å². The average Bonchev–Trinajstić information content (AvgIpc) is 2.71. The molecule has 0 aromatic heterocycles. The first-order valence-corrected chi connectivity index (χ1v) is 9.78. The summed E-state index contributed by atoms with van der Waals surface area (Å²) < 4.78 is 50.0. The summed E-state index contributed by atoms with van der Waals surface area (Å²) >= 11 is 0. The quantitative estimate of drug-likeness (QED) is 0.689. The van der Waals surface area contributed by atoms with Crippen LogP contribution in [0.25, 0.3) is 5.57 Å². The van der Waals surface area contributed by atoms with Crippen molar-refractivity contribution in [1.82, 2.24) is 4.90 Å². The highest BCUT2D eigenvalue weighted by atomic mass is 19.4. The summed E-state index contributed by atoms with van der Waals surface area (Å²) in [4.78, 5) is 14.4. The second-order valence-corrected chi connectivity index (χ2v) is 7.63. The normalized spacial score (nSPS) is 21.2. The molecule has 1 fully saturated rings. The number of rotatable bonds is 3. The number of carbonyl (C=O) groups excluding carboxylic acids is 1. The maximum absolute atomic E-state index is 13.0. The van der Waals surface area contributed by atoms with Gasteiger partial charge in [0, 0.05) is 0 Å². The maximum atomic E-state index is 13.0. The van der Waals surface area contributed by atoms with E-state index in [1.165, 1.54) is 12.1 Å². The van der Waals surface area contributed by atoms with Crippen LogP contribution in [0.3, 0.4) is 0 Å². The summed E-state index contributed by atoms with van der Waals surface area (Å²) in [6, 6.07) is 12.7. The van der Waals surface area contributed by atoms with E-state index < -0.39 is 17.8 Å². The smallest absolute Gasteiger partial charge is 0.416 e. The number of aryl methyl sites for hydroxylation is 1. The molecule has 0 radical (unpaired) electrons. The van der Waals surface area contributed by atoms with Gasteiger partial charge in [-0.1, -0.05) is 42.5 Å². The molecule has 0 spiro atoms. The number of fused-ring (bicyclic) bond motifs is 2. The van der Waals surface area contributed by atoms with Gasteiger partial charge in [-0.3, -0.25) is 4.90 Å². The molecule has 0 aliphatic carbocycles. The first kappa shape index (κ1) is 20.5. The van der Waals surface area contributed by atoms with Crippen LogP contribution < -0.4 is 0 Å². The van der Waals surface area contributed by atoms with Crippen LogP contribution in [-0.2, 0) is 22.3 Å². The Morgan fingerprint density at radius 1 is 1.17 bits per heavy atom. The number of alkyl halides is 3. The molecule has 2 aromatic rings. The topological polar surface area (TPSA) is 38.8 Å². The molecule has 7 heteroatoms. The van der Waals surface area contributed by atoms with E-state index in [0.29, 0.717) is 25.2 Å². The van der Waals surface area contributed by atoms with Gasteiger partial charge in [0.05, 0.1) is 30.9 Å². The molecule has 4 rings (SSSR count). The number of ether oxygens (including phenoxy) is 2. The Morgan fingerprint density at radius 2 is 1.93 bits per heavy atom. The SMILES string of the molecule is Cc1cc(C(F)(F)F)ccc1C1=CC2COCC(C1)N2C(=O)OCc1ccccc1. The molecule has 2 aromatic carbocycles. The van der Waals surface area contributed by atoms with Crippen LogP contribution >= 0.6 is 0 Å². The molecule has 30 heavy (non-hydrogen) atoms. The molecular weight excluding hydrogens is 395 g/mol. The number of halogens is 3. The number of amides is 1. The molecule has 2 atom stereocenters. The Morgan fingerprint density at radius 3 is 2.60 bits per heavy atom. The molecule has 0 N–H and O–H groups in total. The second kappa shape index (κ2) is 8.14. The van der Waals surface area contributed by atoms with Gasteiger partial charge in [0.25, 0.3) is 0 Å². The van der Waals surface area contributed by atoms with Crippen molar-refractivity contribution in [2.75, 3.05) is 13.2 Å². The average molecular weight is 417 g/mol. The summed E-state index contributed by atoms with van der Waals surface area (Å²) in [5.41, 5.74) is 2.52. The highest BCUT2D eigenvalue weighted by Gasteiger charge is 2.39. The number of nitrogens with zero attached hydrogens (tertiary/aromatic N) is 1. The minimum absolute atomic E-state index is 0.186. The van der Waals surface area contributed by atoms with Crippen molar-refractivity contribution in [3.63, 3.8) is 0 Å². The first-order chi connectivity index (χ1) is 14.3. The standard InChI is InChI=1S/C23H22F3NO3/c1-15-9-18(23(24,25)26)7-8-21(15)17-10-19-13-29-14-20(11-17)27(19)22(28)30-12-16-5-3-2-4-6-16/h2-10,19-20H,11-14H2,1H3. The van der Waals surface area contributed by atoms with Crippen LogP contribution in [0, 0.1) is 6.92 Å². The second-order valence-electron chi connectivity index (χ2n) is 7.63. The third kappa shape index (κ3) is 4.21. The van der Waals surface area contributed by atoms with E-state index in [1.807, 2.05) is 36.4 Å². The first-order valence-electron chi connectivity index (χ1n) is 9.78. The number of morpholine rings is 1. The number of benzene rings is 2. The van der Waals surface area contributed by atoms with Gasteiger partial charge in [0.1, 0.15) is 6.61 Å². The molecule has 158 valence electrons. The molecule has 2 aliphatic rings. The Hall–Kier alpha value is -2.80. The summed E-state index contributed by atoms with van der Waals surface area (Å²) in [6.07, 6.45) is -2.36. The van der Waals surface area contributed by atoms with E-state index in [-0.39, 0.29) is 18.7 Å². The highest BCUT2D eigenvalue weighted by Crippen LogP contribution is 2.36. The van der Waals surface area contributed by atoms with Crippen LogP contribution in [0.2, 0.25) is 0 Å². The van der Waals surface area contributed by atoms with Gasteiger partial charge in [-0.05, 0) is 47.7 Å². The molecule has 1 amide bonds. The van der Waals surface area contributed by atoms with Crippen LogP contribution in [0.15, 0.2) is 54.6 Å². The largest absolute Gasteiger partial charge is 0.445 e. The zero-order chi connectivity index (χ0) is 21.3. The van der Waals surface area contributed by atoms with E-state index in [1.54, 1.807) is 11.8 Å². The molecule has 4 nitrogen and oxygen atoms in total. The summed E-state index contributed by atoms with van der Waals surface area (Å²) in [7, 11) is 0. The van der Waals surface area contributed by atoms with Crippen LogP contribution in [-0.4, -0.2) is 36.3 Å². The Kier molecular flexibility index (Phi) is 5.56. The molecule has 2 bridgehead atoms. The lowest BCUT2D eigenvalue weighted by atomic mass is 9.87. The van der Waals surface area contributed by atoms with Crippen molar-refractivity contribution in [1.29, 1.82) is 0 Å². The minimum atomic E-state index is -4.37. The predicted octanol–water partition coefficient (Wildman–Crippen LogP) is 5.21. The fourth-order valence-electron chi connectivity index (χ4n) is 4.07. The van der Waals surface area contributed by atoms with E-state index in [4.69, 9.17) is 9.47 Å². The predicted molar refractivity (Wildman–Crippen MR) is 106 cm³/mol. The van der Waals surface area contributed by atoms with Gasteiger partial charge < -0.3 is 9.47 Å². The molecule has 2 heterocycles. The number of hydrogen-bond acceptors (Lipinski definition) is 3. The van der Waals surface area contributed by atoms with Crippen molar-refractivity contribution in [3.05, 3.63) is 76.9 Å². The van der Waals surface area contributed by atoms with Crippen LogP contribution in [0.5, 0.6) is 0 Å². The monoisotopic (exact) mass is 417 g/mol. The lowest BCUT2D eigenvalue weighted by molar-refractivity contribution is -0.137. The maximum Gasteiger partial charge on any atom is 0.416 e. The molecule has 2 aliphatic heterocycles. The number of carbonyl (C=O) groups is 1. The fraction of sp³-hybridized carbons (Fsp3) is 0.348. The molecule has 0 saturated carbocycles. The zero-order valence-electron chi connectivity index (χ0n) is 16.5. The van der Waals surface area contributed by atoms with Gasteiger partial charge in [0.2, 0.25) is 0 Å². The van der Waals surface area contributed by atoms with Crippen LogP contribution in [0.4, 0.5) is 18.0 Å². The van der Waals surface area contributed by atoms with Crippen molar-refractivity contribution < 1.29 is 27.4 Å². The lowest BCUT2D eigenvalue weighted by Crippen LogP contribution is -2.56. The van der Waals surface area contributed by atoms with Crippen molar-refractivity contribution in [2.24, 2.45) is 0 Å². The zero-order valence-corrected chi connectivity index (χ0v) is 16.5. The summed E-state index contributed by atoms with van der Waals surface area (Å²) in [6.45, 7) is 2.57. The van der Waals surface area contributed by atoms with E-state index in [0.717, 1.165) is 22.8 Å². The van der Waals surface area contributed by atoms with Gasteiger partial charge in [0.15, 0.2) is 0 Å². The van der Waals surface area contributed by atoms with Gasteiger partial charge >= 0.3 is 12.3 Å². The highest BCUT2D eigenvalue weighted by molar-refractivity contribution is 5.75. The molecule has 2 unspecified atom stereocenters. The van der Waals surface area contributed by atoms with Crippen molar-refractivity contribution in [3.8, 4) is 0 Å². The third-order valence-electron chi connectivity index (χ3n) is 5.51. The van der Waals surface area contributed by atoms with Crippen molar-refractivity contribution >= 4 is 11.7 Å². The Bertz CT molecular complexity index is 956. The van der Waals surface area contributed by atoms with Crippen LogP contribution in [0.1, 0.15) is 28.7 Å². The fourth-order valence-corrected chi connectivity index (χ4v) is 4.07.